The third-order valence-corrected chi connectivity index (χ3v) is 3.93. The minimum Gasteiger partial charge on any atom is -0.384 e. The molecule has 0 aromatic heterocycles. The fourth-order valence-electron chi connectivity index (χ4n) is 2.89. The second-order valence-corrected chi connectivity index (χ2v) is 5.27. The molecule has 19 heavy (non-hydrogen) atoms. The van der Waals surface area contributed by atoms with E-state index in [2.05, 4.69) is 0 Å². The number of methoxy groups -OCH3 is 1. The molecule has 0 N–H and O–H groups in total. The van der Waals surface area contributed by atoms with Gasteiger partial charge in [-0.3, -0.25) is 0 Å². The van der Waals surface area contributed by atoms with E-state index in [0.29, 0.717) is 17.4 Å². The molecule has 1 aliphatic rings. The van der Waals surface area contributed by atoms with Crippen molar-refractivity contribution in [3.8, 4) is 0 Å². The van der Waals surface area contributed by atoms with Gasteiger partial charge in [0, 0.05) is 19.8 Å². The highest BCUT2D eigenvalue weighted by Gasteiger charge is 2.22. The Morgan fingerprint density at radius 1 is 1.16 bits per heavy atom. The highest BCUT2D eigenvalue weighted by Crippen LogP contribution is 2.35. The van der Waals surface area contributed by atoms with Crippen molar-refractivity contribution in [2.45, 2.75) is 31.6 Å². The third kappa shape index (κ3) is 4.13. The monoisotopic (exact) mass is 266 g/mol. The molecule has 1 aliphatic carbocycles. The van der Waals surface area contributed by atoms with Crippen LogP contribution in [-0.2, 0) is 4.74 Å². The van der Waals surface area contributed by atoms with Gasteiger partial charge in [-0.1, -0.05) is 24.3 Å². The Labute approximate surface area is 113 Å². The van der Waals surface area contributed by atoms with Gasteiger partial charge in [-0.15, -0.1) is 0 Å². The van der Waals surface area contributed by atoms with Crippen molar-refractivity contribution in [2.24, 2.45) is 5.92 Å². The van der Waals surface area contributed by atoms with Crippen LogP contribution in [0.5, 0.6) is 0 Å². The highest BCUT2D eigenvalue weighted by atomic mass is 19.3. The molecule has 0 spiro atoms. The summed E-state index contributed by atoms with van der Waals surface area (Å²) in [6.45, 7) is 0.853. The topological polar surface area (TPSA) is 9.23 Å². The van der Waals surface area contributed by atoms with Gasteiger partial charge in [-0.2, -0.15) is 8.78 Å². The van der Waals surface area contributed by atoms with E-state index in [1.54, 1.807) is 19.2 Å². The summed E-state index contributed by atoms with van der Waals surface area (Å²) in [5, 5.41) is 0. The van der Waals surface area contributed by atoms with E-state index in [1.807, 2.05) is 12.1 Å². The smallest absolute Gasteiger partial charge is 0.270 e. The zero-order valence-corrected chi connectivity index (χ0v) is 11.2. The van der Waals surface area contributed by atoms with Crippen molar-refractivity contribution >= 4 is 6.08 Å². The first-order chi connectivity index (χ1) is 9.19. The van der Waals surface area contributed by atoms with Gasteiger partial charge in [0.05, 0.1) is 0 Å². The molecule has 0 aliphatic heterocycles. The lowest BCUT2D eigenvalue weighted by atomic mass is 9.79. The predicted molar refractivity (Wildman–Crippen MR) is 73.2 cm³/mol. The van der Waals surface area contributed by atoms with E-state index < -0.39 is 6.08 Å². The summed E-state index contributed by atoms with van der Waals surface area (Å²) < 4.78 is 29.5. The average molecular weight is 266 g/mol. The maximum Gasteiger partial charge on any atom is 0.270 e. The van der Waals surface area contributed by atoms with Crippen molar-refractivity contribution in [3.63, 3.8) is 0 Å². The summed E-state index contributed by atoms with van der Waals surface area (Å²) in [4.78, 5) is 0. The van der Waals surface area contributed by atoms with Crippen LogP contribution in [0.1, 0.15) is 42.7 Å². The summed E-state index contributed by atoms with van der Waals surface area (Å²) in [6, 6.07) is 7.51. The fourth-order valence-corrected chi connectivity index (χ4v) is 2.89. The van der Waals surface area contributed by atoms with Crippen LogP contribution in [0.25, 0.3) is 6.08 Å². The lowest BCUT2D eigenvalue weighted by molar-refractivity contribution is 0.127. The van der Waals surface area contributed by atoms with Crippen molar-refractivity contribution in [2.75, 3.05) is 13.7 Å². The number of rotatable bonds is 4. The molecule has 0 unspecified atom stereocenters. The third-order valence-electron chi connectivity index (χ3n) is 3.93. The molecule has 0 radical (unpaired) electrons. The van der Waals surface area contributed by atoms with Gasteiger partial charge >= 0.3 is 0 Å². The van der Waals surface area contributed by atoms with Crippen LogP contribution in [0.3, 0.4) is 0 Å². The maximum absolute atomic E-state index is 12.1. The Morgan fingerprint density at radius 2 is 1.79 bits per heavy atom. The Bertz CT molecular complexity index is 413. The molecule has 3 heteroatoms. The quantitative estimate of drug-likeness (QED) is 0.757. The first-order valence-corrected chi connectivity index (χ1v) is 6.80. The van der Waals surface area contributed by atoms with Crippen LogP contribution >= 0.6 is 0 Å². The summed E-state index contributed by atoms with van der Waals surface area (Å²) in [5.74, 6) is 1.26. The molecule has 0 amide bonds. The van der Waals surface area contributed by atoms with E-state index in [1.165, 1.54) is 31.2 Å². The largest absolute Gasteiger partial charge is 0.384 e. The Kier molecular flexibility index (Phi) is 5.08. The first kappa shape index (κ1) is 14.2. The second kappa shape index (κ2) is 6.80. The van der Waals surface area contributed by atoms with Crippen molar-refractivity contribution < 1.29 is 13.5 Å². The van der Waals surface area contributed by atoms with Crippen LogP contribution in [0, 0.1) is 5.92 Å². The molecule has 2 rings (SSSR count). The summed E-state index contributed by atoms with van der Waals surface area (Å²) in [6.07, 6.45) is 3.98. The Morgan fingerprint density at radius 3 is 2.32 bits per heavy atom. The number of ether oxygens (including phenoxy) is 1. The van der Waals surface area contributed by atoms with Crippen molar-refractivity contribution in [1.82, 2.24) is 0 Å². The zero-order valence-electron chi connectivity index (χ0n) is 11.2. The molecule has 0 bridgehead atoms. The number of halogens is 2. The lowest BCUT2D eigenvalue weighted by Gasteiger charge is -2.28. The van der Waals surface area contributed by atoms with Gasteiger partial charge < -0.3 is 4.74 Å². The molecule has 0 heterocycles. The Balaban J connectivity index is 1.94. The summed E-state index contributed by atoms with van der Waals surface area (Å²) in [5.41, 5.74) is 1.84. The predicted octanol–water partition coefficient (Wildman–Crippen LogP) is 4.84. The lowest BCUT2D eigenvalue weighted by Crippen LogP contribution is -2.17. The van der Waals surface area contributed by atoms with Crippen LogP contribution in [0.15, 0.2) is 30.3 Å². The first-order valence-electron chi connectivity index (χ1n) is 6.80. The van der Waals surface area contributed by atoms with Gasteiger partial charge in [0.2, 0.25) is 0 Å². The highest BCUT2D eigenvalue weighted by molar-refractivity contribution is 5.50. The summed E-state index contributed by atoms with van der Waals surface area (Å²) in [7, 11) is 1.75. The maximum atomic E-state index is 12.1. The van der Waals surface area contributed by atoms with Crippen LogP contribution in [0.4, 0.5) is 8.78 Å². The molecular formula is C16H20F2O. The number of hydrogen-bond acceptors (Lipinski definition) is 1. The molecule has 1 saturated carbocycles. The standard InChI is InChI=1S/C16H20F2O/c1-19-11-13-4-8-15(9-5-13)14-6-2-12(3-7-14)10-16(17)18/h2-3,6-7,10,13,15H,4-5,8-9,11H2,1H3. The van der Waals surface area contributed by atoms with E-state index in [0.717, 1.165) is 12.7 Å². The normalized spacial score (nSPS) is 23.1. The molecule has 0 saturated heterocycles. The number of benzene rings is 1. The van der Waals surface area contributed by atoms with Gasteiger partial charge in [0.1, 0.15) is 0 Å². The average Bonchev–Trinajstić information content (AvgIpc) is 2.40. The van der Waals surface area contributed by atoms with E-state index in [-0.39, 0.29) is 0 Å². The molecule has 1 aromatic carbocycles. The molecule has 1 fully saturated rings. The molecular weight excluding hydrogens is 246 g/mol. The second-order valence-electron chi connectivity index (χ2n) is 5.27. The Hall–Kier alpha value is -1.22. The van der Waals surface area contributed by atoms with E-state index >= 15 is 0 Å². The van der Waals surface area contributed by atoms with Crippen LogP contribution < -0.4 is 0 Å². The minimum atomic E-state index is -1.65. The van der Waals surface area contributed by atoms with Gasteiger partial charge in [-0.05, 0) is 48.6 Å². The van der Waals surface area contributed by atoms with Crippen LogP contribution in [-0.4, -0.2) is 13.7 Å². The SMILES string of the molecule is COCC1CCC(c2ccc(C=C(F)F)cc2)CC1. The van der Waals surface area contributed by atoms with Crippen LogP contribution in [0.2, 0.25) is 0 Å². The fraction of sp³-hybridized carbons (Fsp3) is 0.500. The van der Waals surface area contributed by atoms with Crippen molar-refractivity contribution in [1.29, 1.82) is 0 Å². The number of hydrogen-bond donors (Lipinski definition) is 0. The van der Waals surface area contributed by atoms with E-state index in [9.17, 15) is 8.78 Å². The van der Waals surface area contributed by atoms with Gasteiger partial charge in [0.15, 0.2) is 0 Å². The van der Waals surface area contributed by atoms with Gasteiger partial charge in [-0.25, -0.2) is 0 Å². The van der Waals surface area contributed by atoms with Crippen molar-refractivity contribution in [3.05, 3.63) is 41.5 Å². The summed E-state index contributed by atoms with van der Waals surface area (Å²) >= 11 is 0. The zero-order chi connectivity index (χ0) is 13.7. The van der Waals surface area contributed by atoms with E-state index in [4.69, 9.17) is 4.74 Å². The molecule has 1 nitrogen and oxygen atoms in total. The molecule has 0 atom stereocenters. The molecule has 104 valence electrons. The minimum absolute atomic E-state index is 0.566. The van der Waals surface area contributed by atoms with Gasteiger partial charge in [0.25, 0.3) is 6.08 Å². The molecule has 1 aromatic rings.